The first-order valence-corrected chi connectivity index (χ1v) is 7.42. The minimum absolute atomic E-state index is 0. The monoisotopic (exact) mass is 314 g/mol. The first kappa shape index (κ1) is 15.6. The molecule has 1 aromatic carbocycles. The fourth-order valence-corrected chi connectivity index (χ4v) is 3.32. The Morgan fingerprint density at radius 3 is 2.95 bits per heavy atom. The lowest BCUT2D eigenvalue weighted by Gasteiger charge is -2.33. The second-order valence-electron chi connectivity index (χ2n) is 5.39. The minimum Gasteiger partial charge on any atom is -0.337 e. The van der Waals surface area contributed by atoms with Crippen molar-refractivity contribution in [1.82, 2.24) is 10.2 Å². The predicted molar refractivity (Wildman–Crippen MR) is 83.5 cm³/mol. The van der Waals surface area contributed by atoms with Gasteiger partial charge >= 0.3 is 0 Å². The van der Waals surface area contributed by atoms with E-state index in [1.54, 1.807) is 0 Å². The smallest absolute Gasteiger partial charge is 0.240 e. The zero-order chi connectivity index (χ0) is 13.2. The van der Waals surface area contributed by atoms with Crippen LogP contribution in [0, 0.1) is 0 Å². The highest BCUT2D eigenvalue weighted by Crippen LogP contribution is 2.26. The molecule has 0 bridgehead atoms. The van der Waals surface area contributed by atoms with E-state index in [2.05, 4.69) is 11.4 Å². The molecular weight excluding hydrogens is 295 g/mol. The van der Waals surface area contributed by atoms with Gasteiger partial charge in [-0.15, -0.1) is 12.4 Å². The quantitative estimate of drug-likeness (QED) is 0.864. The third kappa shape index (κ3) is 3.11. The summed E-state index contributed by atoms with van der Waals surface area (Å²) >= 11 is 6.20. The Morgan fingerprint density at radius 1 is 1.35 bits per heavy atom. The third-order valence-electron chi connectivity index (χ3n) is 4.13. The normalized spacial score (nSPS) is 21.9. The lowest BCUT2D eigenvalue weighted by atomic mass is 9.97. The van der Waals surface area contributed by atoms with E-state index in [1.165, 1.54) is 17.5 Å². The Bertz CT molecular complexity index is 487. The Balaban J connectivity index is 0.00000147. The zero-order valence-corrected chi connectivity index (χ0v) is 13.0. The number of piperidine rings is 1. The number of fused-ring (bicyclic) bond motifs is 1. The fourth-order valence-electron chi connectivity index (χ4n) is 3.03. The van der Waals surface area contributed by atoms with Gasteiger partial charge in [-0.3, -0.25) is 4.79 Å². The number of nitrogens with zero attached hydrogens (tertiary/aromatic N) is 1. The summed E-state index contributed by atoms with van der Waals surface area (Å²) in [6, 6.07) is 6.00. The van der Waals surface area contributed by atoms with E-state index in [9.17, 15) is 4.79 Å². The topological polar surface area (TPSA) is 32.3 Å². The summed E-state index contributed by atoms with van der Waals surface area (Å²) in [6.07, 6.45) is 4.17. The molecule has 0 aromatic heterocycles. The Hall–Kier alpha value is -0.770. The fraction of sp³-hybridized carbons (Fsp3) is 0.533. The van der Waals surface area contributed by atoms with Crippen molar-refractivity contribution in [1.29, 1.82) is 0 Å². The summed E-state index contributed by atoms with van der Waals surface area (Å²) in [6.45, 7) is 2.45. The molecular formula is C15H20Cl2N2O. The van der Waals surface area contributed by atoms with Crippen molar-refractivity contribution in [2.24, 2.45) is 0 Å². The molecule has 1 N–H and O–H groups in total. The van der Waals surface area contributed by atoms with Crippen LogP contribution in [-0.2, 0) is 17.8 Å². The van der Waals surface area contributed by atoms with Crippen LogP contribution in [0.2, 0.25) is 5.02 Å². The number of carbonyl (C=O) groups is 1. The summed E-state index contributed by atoms with van der Waals surface area (Å²) in [5.74, 6) is 0.255. The van der Waals surface area contributed by atoms with Crippen LogP contribution >= 0.6 is 24.0 Å². The number of rotatable bonds is 1. The van der Waals surface area contributed by atoms with Crippen LogP contribution in [0.25, 0.3) is 0 Å². The van der Waals surface area contributed by atoms with Crippen LogP contribution in [0.1, 0.15) is 30.4 Å². The number of halogens is 2. The molecule has 0 aliphatic carbocycles. The van der Waals surface area contributed by atoms with Gasteiger partial charge in [-0.1, -0.05) is 30.2 Å². The van der Waals surface area contributed by atoms with Gasteiger partial charge in [-0.25, -0.2) is 0 Å². The Morgan fingerprint density at radius 2 is 2.20 bits per heavy atom. The van der Waals surface area contributed by atoms with E-state index >= 15 is 0 Å². The largest absolute Gasteiger partial charge is 0.337 e. The van der Waals surface area contributed by atoms with Crippen molar-refractivity contribution < 1.29 is 4.79 Å². The summed E-state index contributed by atoms with van der Waals surface area (Å²) in [7, 11) is 0. The van der Waals surface area contributed by atoms with Gasteiger partial charge in [0.25, 0.3) is 0 Å². The lowest BCUT2D eigenvalue weighted by molar-refractivity contribution is -0.135. The highest BCUT2D eigenvalue weighted by molar-refractivity contribution is 6.31. The average Bonchev–Trinajstić information content (AvgIpc) is 2.47. The van der Waals surface area contributed by atoms with Crippen molar-refractivity contribution >= 4 is 29.9 Å². The average molecular weight is 315 g/mol. The van der Waals surface area contributed by atoms with Crippen LogP contribution in [0.4, 0.5) is 0 Å². The van der Waals surface area contributed by atoms with Gasteiger partial charge in [0.2, 0.25) is 5.91 Å². The first-order valence-electron chi connectivity index (χ1n) is 7.04. The van der Waals surface area contributed by atoms with Gasteiger partial charge in [0.1, 0.15) is 0 Å². The van der Waals surface area contributed by atoms with E-state index in [-0.39, 0.29) is 24.4 Å². The SMILES string of the molecule is Cl.O=C(C1CCCCN1)N1CCc2c(Cl)cccc2C1. The molecule has 0 radical (unpaired) electrons. The number of benzene rings is 1. The van der Waals surface area contributed by atoms with Crippen molar-refractivity contribution in [2.45, 2.75) is 38.3 Å². The second-order valence-corrected chi connectivity index (χ2v) is 5.80. The number of nitrogens with one attached hydrogen (secondary N) is 1. The highest BCUT2D eigenvalue weighted by Gasteiger charge is 2.28. The van der Waals surface area contributed by atoms with Gasteiger partial charge in [-0.2, -0.15) is 0 Å². The minimum atomic E-state index is 0. The Kier molecular flexibility index (Phi) is 5.30. The van der Waals surface area contributed by atoms with Crippen LogP contribution in [0.3, 0.4) is 0 Å². The van der Waals surface area contributed by atoms with E-state index in [4.69, 9.17) is 11.6 Å². The molecule has 5 heteroatoms. The van der Waals surface area contributed by atoms with Crippen LogP contribution in [-0.4, -0.2) is 29.9 Å². The summed E-state index contributed by atoms with van der Waals surface area (Å²) in [5.41, 5.74) is 2.41. The molecule has 1 amide bonds. The molecule has 110 valence electrons. The molecule has 3 nitrogen and oxygen atoms in total. The first-order chi connectivity index (χ1) is 9.25. The lowest BCUT2D eigenvalue weighted by Crippen LogP contribution is -2.49. The molecule has 1 saturated heterocycles. The van der Waals surface area contributed by atoms with E-state index in [1.807, 2.05) is 17.0 Å². The van der Waals surface area contributed by atoms with Crippen molar-refractivity contribution in [3.05, 3.63) is 34.3 Å². The summed E-state index contributed by atoms with van der Waals surface area (Å²) in [5, 5.41) is 4.17. The zero-order valence-electron chi connectivity index (χ0n) is 11.4. The predicted octanol–water partition coefficient (Wildman–Crippen LogP) is 2.79. The van der Waals surface area contributed by atoms with E-state index in [0.717, 1.165) is 37.4 Å². The number of carbonyl (C=O) groups excluding carboxylic acids is 1. The number of amides is 1. The van der Waals surface area contributed by atoms with E-state index in [0.29, 0.717) is 6.54 Å². The van der Waals surface area contributed by atoms with Crippen molar-refractivity contribution in [2.75, 3.05) is 13.1 Å². The van der Waals surface area contributed by atoms with E-state index < -0.39 is 0 Å². The third-order valence-corrected chi connectivity index (χ3v) is 4.48. The van der Waals surface area contributed by atoms with Gasteiger partial charge < -0.3 is 10.2 Å². The van der Waals surface area contributed by atoms with Crippen molar-refractivity contribution in [3.63, 3.8) is 0 Å². The van der Waals surface area contributed by atoms with Crippen LogP contribution in [0.15, 0.2) is 18.2 Å². The molecule has 1 aromatic rings. The molecule has 3 rings (SSSR count). The maximum atomic E-state index is 12.5. The molecule has 2 heterocycles. The molecule has 0 saturated carbocycles. The molecule has 2 aliphatic heterocycles. The Labute approximate surface area is 131 Å². The maximum Gasteiger partial charge on any atom is 0.240 e. The van der Waals surface area contributed by atoms with Crippen LogP contribution < -0.4 is 5.32 Å². The number of hydrogen-bond acceptors (Lipinski definition) is 2. The molecule has 1 fully saturated rings. The van der Waals surface area contributed by atoms with Gasteiger partial charge in [-0.05, 0) is 43.0 Å². The molecule has 2 aliphatic rings. The second kappa shape index (κ2) is 6.79. The molecule has 20 heavy (non-hydrogen) atoms. The molecule has 1 atom stereocenters. The summed E-state index contributed by atoms with van der Waals surface area (Å²) < 4.78 is 0. The van der Waals surface area contributed by atoms with Gasteiger partial charge in [0.15, 0.2) is 0 Å². The van der Waals surface area contributed by atoms with Gasteiger partial charge in [0.05, 0.1) is 6.04 Å². The maximum absolute atomic E-state index is 12.5. The summed E-state index contributed by atoms with van der Waals surface area (Å²) in [4.78, 5) is 14.5. The van der Waals surface area contributed by atoms with Crippen LogP contribution in [0.5, 0.6) is 0 Å². The number of hydrogen-bond donors (Lipinski definition) is 1. The standard InChI is InChI=1S/C15H19ClN2O.ClH/c16-13-5-3-4-11-10-18(9-7-12(11)13)15(19)14-6-1-2-8-17-14;/h3-5,14,17H,1-2,6-10H2;1H. The molecule has 1 unspecified atom stereocenters. The van der Waals surface area contributed by atoms with Crippen molar-refractivity contribution in [3.8, 4) is 0 Å². The van der Waals surface area contributed by atoms with Gasteiger partial charge in [0, 0.05) is 18.1 Å². The molecule has 0 spiro atoms. The highest BCUT2D eigenvalue weighted by atomic mass is 35.5.